The molecule has 0 aliphatic carbocycles. The molecule has 0 bridgehead atoms. The van der Waals surface area contributed by atoms with Gasteiger partial charge in [-0.3, -0.25) is 9.59 Å². The fourth-order valence-corrected chi connectivity index (χ4v) is 4.14. The van der Waals surface area contributed by atoms with Crippen molar-refractivity contribution in [2.24, 2.45) is 0 Å². The molecule has 1 N–H and O–H groups in total. The van der Waals surface area contributed by atoms with Crippen molar-refractivity contribution in [1.82, 2.24) is 4.90 Å². The summed E-state index contributed by atoms with van der Waals surface area (Å²) in [5.74, 6) is 0.389. The Morgan fingerprint density at radius 2 is 1.97 bits per heavy atom. The molecule has 0 saturated carbocycles. The highest BCUT2D eigenvalue weighted by atomic mass is 16.5. The first-order valence-corrected chi connectivity index (χ1v) is 9.60. The Labute approximate surface area is 168 Å². The van der Waals surface area contributed by atoms with E-state index in [9.17, 15) is 14.7 Å². The number of ether oxygens (including phenoxy) is 1. The zero-order valence-corrected chi connectivity index (χ0v) is 16.7. The van der Waals surface area contributed by atoms with Crippen LogP contribution in [0.1, 0.15) is 45.3 Å². The van der Waals surface area contributed by atoms with Gasteiger partial charge in [0, 0.05) is 13.2 Å². The summed E-state index contributed by atoms with van der Waals surface area (Å²) in [6.07, 6.45) is 0.409. The Bertz CT molecular complexity index is 1160. The molecule has 1 unspecified atom stereocenters. The standard InChI is InChI=1S/C23H23NO5/c1-13-10-14(2)18-17(11-13)29-22-19(21(18)26)20(24(23(22)27)8-5-9-25)15-6-4-7-16(12-15)28-3/h4,6-7,10-12,20,25H,5,8-9H2,1-3H3. The van der Waals surface area contributed by atoms with Crippen molar-refractivity contribution in [1.29, 1.82) is 0 Å². The van der Waals surface area contributed by atoms with Crippen molar-refractivity contribution in [2.75, 3.05) is 20.3 Å². The molecule has 1 aliphatic rings. The summed E-state index contributed by atoms with van der Waals surface area (Å²) < 4.78 is 11.3. The third-order valence-electron chi connectivity index (χ3n) is 5.38. The molecule has 1 amide bonds. The minimum Gasteiger partial charge on any atom is -0.497 e. The van der Waals surface area contributed by atoms with E-state index >= 15 is 0 Å². The van der Waals surface area contributed by atoms with Crippen LogP contribution in [-0.4, -0.2) is 36.2 Å². The molecule has 2 heterocycles. The van der Waals surface area contributed by atoms with E-state index in [-0.39, 0.29) is 23.7 Å². The second kappa shape index (κ2) is 7.37. The molecular formula is C23H23NO5. The highest BCUT2D eigenvalue weighted by Gasteiger charge is 2.42. The minimum atomic E-state index is -0.583. The number of fused-ring (bicyclic) bond motifs is 2. The van der Waals surface area contributed by atoms with Gasteiger partial charge in [-0.15, -0.1) is 0 Å². The van der Waals surface area contributed by atoms with Crippen molar-refractivity contribution in [3.05, 3.63) is 74.6 Å². The number of aryl methyl sites for hydroxylation is 2. The van der Waals surface area contributed by atoms with Gasteiger partial charge < -0.3 is 19.2 Å². The smallest absolute Gasteiger partial charge is 0.290 e. The lowest BCUT2D eigenvalue weighted by Crippen LogP contribution is -2.31. The van der Waals surface area contributed by atoms with Gasteiger partial charge in [-0.25, -0.2) is 0 Å². The van der Waals surface area contributed by atoms with Gasteiger partial charge in [-0.2, -0.15) is 0 Å². The lowest BCUT2D eigenvalue weighted by Gasteiger charge is -2.25. The van der Waals surface area contributed by atoms with Crippen LogP contribution in [0, 0.1) is 13.8 Å². The van der Waals surface area contributed by atoms with Crippen LogP contribution in [0.2, 0.25) is 0 Å². The lowest BCUT2D eigenvalue weighted by molar-refractivity contribution is 0.0716. The van der Waals surface area contributed by atoms with Crippen molar-refractivity contribution < 1.29 is 19.1 Å². The Morgan fingerprint density at radius 3 is 2.69 bits per heavy atom. The van der Waals surface area contributed by atoms with Crippen molar-refractivity contribution in [2.45, 2.75) is 26.3 Å². The van der Waals surface area contributed by atoms with E-state index in [1.807, 2.05) is 44.2 Å². The summed E-state index contributed by atoms with van der Waals surface area (Å²) in [5.41, 5.74) is 3.14. The average molecular weight is 393 g/mol. The van der Waals surface area contributed by atoms with Crippen molar-refractivity contribution in [3.63, 3.8) is 0 Å². The van der Waals surface area contributed by atoms with E-state index in [0.717, 1.165) is 16.7 Å². The third kappa shape index (κ3) is 3.09. The van der Waals surface area contributed by atoms with Gasteiger partial charge in [0.1, 0.15) is 11.3 Å². The number of benzene rings is 2. The van der Waals surface area contributed by atoms with Crippen LogP contribution in [0.4, 0.5) is 0 Å². The van der Waals surface area contributed by atoms with Crippen LogP contribution < -0.4 is 10.2 Å². The molecule has 0 radical (unpaired) electrons. The first-order valence-electron chi connectivity index (χ1n) is 9.60. The molecule has 150 valence electrons. The maximum absolute atomic E-state index is 13.5. The molecule has 3 aromatic rings. The van der Waals surface area contributed by atoms with Gasteiger partial charge in [0.25, 0.3) is 5.91 Å². The molecule has 1 aromatic heterocycles. The predicted octanol–water partition coefficient (Wildman–Crippen LogP) is 3.35. The Kier molecular flexibility index (Phi) is 4.88. The van der Waals surface area contributed by atoms with Gasteiger partial charge in [0.2, 0.25) is 5.76 Å². The van der Waals surface area contributed by atoms with E-state index in [1.54, 1.807) is 18.1 Å². The summed E-state index contributed by atoms with van der Waals surface area (Å²) in [6, 6.07) is 10.5. The topological polar surface area (TPSA) is 80.0 Å². The summed E-state index contributed by atoms with van der Waals surface area (Å²) in [7, 11) is 1.57. The monoisotopic (exact) mass is 393 g/mol. The normalized spacial score (nSPS) is 15.8. The van der Waals surface area contributed by atoms with E-state index in [2.05, 4.69) is 0 Å². The van der Waals surface area contributed by atoms with Crippen molar-refractivity contribution in [3.8, 4) is 5.75 Å². The molecule has 1 atom stereocenters. The number of carbonyl (C=O) groups is 1. The van der Waals surface area contributed by atoms with Crippen LogP contribution in [0.5, 0.6) is 5.75 Å². The largest absolute Gasteiger partial charge is 0.497 e. The lowest BCUT2D eigenvalue weighted by atomic mass is 9.96. The first-order chi connectivity index (χ1) is 14.0. The number of carbonyl (C=O) groups excluding carboxylic acids is 1. The number of hydrogen-bond acceptors (Lipinski definition) is 5. The van der Waals surface area contributed by atoms with Gasteiger partial charge in [0.15, 0.2) is 5.43 Å². The number of aliphatic hydroxyl groups is 1. The van der Waals surface area contributed by atoms with E-state index in [0.29, 0.717) is 35.2 Å². The van der Waals surface area contributed by atoms with Crippen LogP contribution in [-0.2, 0) is 0 Å². The quantitative estimate of drug-likeness (QED) is 0.719. The number of aliphatic hydroxyl groups excluding tert-OH is 1. The fraction of sp³-hybridized carbons (Fsp3) is 0.304. The molecule has 0 fully saturated rings. The van der Waals surface area contributed by atoms with E-state index < -0.39 is 6.04 Å². The molecule has 29 heavy (non-hydrogen) atoms. The van der Waals surface area contributed by atoms with Crippen LogP contribution in [0.25, 0.3) is 11.0 Å². The Hall–Kier alpha value is -3.12. The summed E-state index contributed by atoms with van der Waals surface area (Å²) in [6.45, 7) is 4.06. The van der Waals surface area contributed by atoms with Crippen molar-refractivity contribution >= 4 is 16.9 Å². The SMILES string of the molecule is COc1cccc(C2c3c(oc4cc(C)cc(C)c4c3=O)C(=O)N2CCCO)c1. The third-order valence-corrected chi connectivity index (χ3v) is 5.38. The van der Waals surface area contributed by atoms with E-state index in [4.69, 9.17) is 9.15 Å². The summed E-state index contributed by atoms with van der Waals surface area (Å²) >= 11 is 0. The Morgan fingerprint density at radius 1 is 1.17 bits per heavy atom. The predicted molar refractivity (Wildman–Crippen MR) is 110 cm³/mol. The van der Waals surface area contributed by atoms with Gasteiger partial charge in [-0.1, -0.05) is 18.2 Å². The molecule has 6 nitrogen and oxygen atoms in total. The number of rotatable bonds is 5. The van der Waals surface area contributed by atoms with Crippen LogP contribution >= 0.6 is 0 Å². The molecule has 0 spiro atoms. The summed E-state index contributed by atoms with van der Waals surface area (Å²) in [4.78, 5) is 28.3. The number of nitrogens with zero attached hydrogens (tertiary/aromatic N) is 1. The molecule has 2 aromatic carbocycles. The molecule has 4 rings (SSSR count). The van der Waals surface area contributed by atoms with Crippen LogP contribution in [0.3, 0.4) is 0 Å². The second-order valence-electron chi connectivity index (χ2n) is 7.38. The molecule has 0 saturated heterocycles. The number of hydrogen-bond donors (Lipinski definition) is 1. The summed E-state index contributed by atoms with van der Waals surface area (Å²) in [5, 5.41) is 9.80. The van der Waals surface area contributed by atoms with Gasteiger partial charge in [-0.05, 0) is 55.2 Å². The van der Waals surface area contributed by atoms with Crippen LogP contribution in [0.15, 0.2) is 45.6 Å². The first kappa shape index (κ1) is 19.2. The maximum atomic E-state index is 13.5. The molecule has 6 heteroatoms. The van der Waals surface area contributed by atoms with E-state index in [1.165, 1.54) is 0 Å². The minimum absolute atomic E-state index is 0.0490. The zero-order chi connectivity index (χ0) is 20.7. The number of amides is 1. The number of methoxy groups -OCH3 is 1. The highest BCUT2D eigenvalue weighted by molar-refractivity contribution is 5.99. The highest BCUT2D eigenvalue weighted by Crippen LogP contribution is 2.39. The fourth-order valence-electron chi connectivity index (χ4n) is 4.14. The van der Waals surface area contributed by atoms with Gasteiger partial charge in [0.05, 0.1) is 24.1 Å². The average Bonchev–Trinajstić information content (AvgIpc) is 2.98. The molecular weight excluding hydrogens is 370 g/mol. The maximum Gasteiger partial charge on any atom is 0.290 e. The molecule has 1 aliphatic heterocycles. The zero-order valence-electron chi connectivity index (χ0n) is 16.7. The Balaban J connectivity index is 2.00. The van der Waals surface area contributed by atoms with Gasteiger partial charge >= 0.3 is 0 Å². The second-order valence-corrected chi connectivity index (χ2v) is 7.38.